The third kappa shape index (κ3) is 2.48. The Morgan fingerprint density at radius 2 is 2.00 bits per heavy atom. The second-order valence-corrected chi connectivity index (χ2v) is 6.35. The molecule has 2 aromatic heterocycles. The first-order valence-electron chi connectivity index (χ1n) is 6.41. The van der Waals surface area contributed by atoms with Crippen molar-refractivity contribution in [1.82, 2.24) is 19.6 Å². The molecule has 0 atom stereocenters. The van der Waals surface area contributed by atoms with Crippen LogP contribution in [0.5, 0.6) is 0 Å². The summed E-state index contributed by atoms with van der Waals surface area (Å²) in [6, 6.07) is 7.89. The lowest BCUT2D eigenvalue weighted by Crippen LogP contribution is -2.22. The van der Waals surface area contributed by atoms with Crippen LogP contribution in [-0.4, -0.2) is 36.0 Å². The van der Waals surface area contributed by atoms with Crippen molar-refractivity contribution in [3.05, 3.63) is 30.1 Å². The van der Waals surface area contributed by atoms with Crippen LogP contribution >= 0.6 is 11.8 Å². The monoisotopic (exact) mass is 288 g/mol. The highest BCUT2D eigenvalue weighted by molar-refractivity contribution is 7.99. The first kappa shape index (κ1) is 13.3. The van der Waals surface area contributed by atoms with Crippen LogP contribution in [0.4, 0.5) is 0 Å². The largest absolute Gasteiger partial charge is 0.390 e. The van der Waals surface area contributed by atoms with Crippen LogP contribution in [0, 0.1) is 6.92 Å². The van der Waals surface area contributed by atoms with Gasteiger partial charge in [0.05, 0.1) is 11.1 Å². The van der Waals surface area contributed by atoms with E-state index in [2.05, 4.69) is 15.1 Å². The Hall–Kier alpha value is -1.66. The summed E-state index contributed by atoms with van der Waals surface area (Å²) in [7, 11) is 0. The van der Waals surface area contributed by atoms with Crippen molar-refractivity contribution in [2.75, 3.05) is 5.75 Å². The summed E-state index contributed by atoms with van der Waals surface area (Å²) in [5.74, 6) is 1.26. The van der Waals surface area contributed by atoms with E-state index in [0.29, 0.717) is 11.6 Å². The number of aryl methyl sites for hydroxylation is 1. The summed E-state index contributed by atoms with van der Waals surface area (Å²) in [5, 5.41) is 16.0. The second-order valence-electron chi connectivity index (χ2n) is 5.41. The number of hydrogen-bond acceptors (Lipinski definition) is 5. The molecule has 0 amide bonds. The van der Waals surface area contributed by atoms with Gasteiger partial charge in [-0.15, -0.1) is 5.10 Å². The minimum absolute atomic E-state index is 0.548. The first-order chi connectivity index (χ1) is 9.44. The molecule has 0 aliphatic rings. The van der Waals surface area contributed by atoms with Crippen LogP contribution in [0.2, 0.25) is 0 Å². The molecule has 2 heterocycles. The quantitative estimate of drug-likeness (QED) is 0.592. The fourth-order valence-electron chi connectivity index (χ4n) is 1.97. The van der Waals surface area contributed by atoms with Crippen molar-refractivity contribution < 1.29 is 5.11 Å². The summed E-state index contributed by atoms with van der Waals surface area (Å²) in [4.78, 5) is 9.11. The van der Waals surface area contributed by atoms with E-state index in [4.69, 9.17) is 0 Å². The Bertz CT molecular complexity index is 776. The number of benzene rings is 1. The molecule has 20 heavy (non-hydrogen) atoms. The van der Waals surface area contributed by atoms with E-state index in [-0.39, 0.29) is 0 Å². The van der Waals surface area contributed by atoms with E-state index >= 15 is 0 Å². The van der Waals surface area contributed by atoms with Gasteiger partial charge in [-0.2, -0.15) is 4.52 Å². The molecule has 0 aliphatic carbocycles. The molecule has 0 saturated heterocycles. The SMILES string of the molecule is Cc1nc2c3ccccc3nc(SCC(C)(C)O)n2n1. The number of nitrogens with zero attached hydrogens (tertiary/aromatic N) is 4. The molecular weight excluding hydrogens is 272 g/mol. The van der Waals surface area contributed by atoms with Gasteiger partial charge >= 0.3 is 0 Å². The van der Waals surface area contributed by atoms with E-state index < -0.39 is 5.60 Å². The normalized spacial score (nSPS) is 12.4. The maximum atomic E-state index is 9.88. The van der Waals surface area contributed by atoms with Crippen molar-refractivity contribution in [3.63, 3.8) is 0 Å². The van der Waals surface area contributed by atoms with Gasteiger partial charge in [-0.3, -0.25) is 0 Å². The van der Waals surface area contributed by atoms with E-state index in [1.165, 1.54) is 11.8 Å². The Kier molecular flexibility index (Phi) is 3.14. The number of fused-ring (bicyclic) bond motifs is 3. The van der Waals surface area contributed by atoms with Gasteiger partial charge in [0.2, 0.25) is 0 Å². The average Bonchev–Trinajstić information content (AvgIpc) is 2.77. The number of hydrogen-bond donors (Lipinski definition) is 1. The van der Waals surface area contributed by atoms with Gasteiger partial charge in [-0.25, -0.2) is 9.97 Å². The van der Waals surface area contributed by atoms with Crippen molar-refractivity contribution >= 4 is 28.3 Å². The highest BCUT2D eigenvalue weighted by Crippen LogP contribution is 2.25. The Labute approximate surface area is 121 Å². The van der Waals surface area contributed by atoms with Crippen LogP contribution in [0.1, 0.15) is 19.7 Å². The fraction of sp³-hybridized carbons (Fsp3) is 0.357. The molecule has 5 nitrogen and oxygen atoms in total. The topological polar surface area (TPSA) is 63.3 Å². The number of thioether (sulfide) groups is 1. The zero-order chi connectivity index (χ0) is 14.3. The van der Waals surface area contributed by atoms with Gasteiger partial charge in [0.15, 0.2) is 10.8 Å². The lowest BCUT2D eigenvalue weighted by molar-refractivity contribution is 0.107. The van der Waals surface area contributed by atoms with Gasteiger partial charge in [-0.05, 0) is 32.9 Å². The van der Waals surface area contributed by atoms with E-state index in [0.717, 1.165) is 21.7 Å². The predicted molar refractivity (Wildman–Crippen MR) is 80.0 cm³/mol. The van der Waals surface area contributed by atoms with Crippen molar-refractivity contribution in [2.24, 2.45) is 0 Å². The molecule has 104 valence electrons. The Morgan fingerprint density at radius 3 is 2.75 bits per heavy atom. The zero-order valence-corrected chi connectivity index (χ0v) is 12.5. The molecule has 0 radical (unpaired) electrons. The van der Waals surface area contributed by atoms with E-state index in [9.17, 15) is 5.11 Å². The van der Waals surface area contributed by atoms with Gasteiger partial charge in [0.25, 0.3) is 0 Å². The highest BCUT2D eigenvalue weighted by Gasteiger charge is 2.17. The molecule has 1 aromatic carbocycles. The van der Waals surface area contributed by atoms with Gasteiger partial charge in [-0.1, -0.05) is 23.9 Å². The lowest BCUT2D eigenvalue weighted by atomic mass is 10.2. The highest BCUT2D eigenvalue weighted by atomic mass is 32.2. The average molecular weight is 288 g/mol. The first-order valence-corrected chi connectivity index (χ1v) is 7.40. The summed E-state index contributed by atoms with van der Waals surface area (Å²) >= 11 is 1.48. The summed E-state index contributed by atoms with van der Waals surface area (Å²) in [5.41, 5.74) is 0.955. The summed E-state index contributed by atoms with van der Waals surface area (Å²) in [6.45, 7) is 5.43. The summed E-state index contributed by atoms with van der Waals surface area (Å²) < 4.78 is 1.76. The van der Waals surface area contributed by atoms with Crippen LogP contribution < -0.4 is 0 Å². The standard InChI is InChI=1S/C14H16N4OS/c1-9-15-12-10-6-4-5-7-11(10)16-13(18(12)17-9)20-8-14(2,3)19/h4-7,19H,8H2,1-3H3. The maximum absolute atomic E-state index is 9.88. The van der Waals surface area contributed by atoms with Crippen LogP contribution in [0.15, 0.2) is 29.4 Å². The maximum Gasteiger partial charge on any atom is 0.191 e. The van der Waals surface area contributed by atoms with Crippen molar-refractivity contribution in [3.8, 4) is 0 Å². The molecule has 0 aliphatic heterocycles. The third-order valence-electron chi connectivity index (χ3n) is 2.81. The number of rotatable bonds is 3. The Balaban J connectivity index is 2.18. The molecule has 0 fully saturated rings. The summed E-state index contributed by atoms with van der Waals surface area (Å²) in [6.07, 6.45) is 0. The van der Waals surface area contributed by atoms with Crippen LogP contribution in [-0.2, 0) is 0 Å². The van der Waals surface area contributed by atoms with Gasteiger partial charge in [0, 0.05) is 11.1 Å². The van der Waals surface area contributed by atoms with Crippen molar-refractivity contribution in [1.29, 1.82) is 0 Å². The number of aliphatic hydroxyl groups is 1. The minimum atomic E-state index is -0.750. The molecule has 6 heteroatoms. The molecular formula is C14H16N4OS. The zero-order valence-electron chi connectivity index (χ0n) is 11.7. The van der Waals surface area contributed by atoms with E-state index in [1.807, 2.05) is 31.2 Å². The fourth-order valence-corrected chi connectivity index (χ4v) is 2.86. The smallest absolute Gasteiger partial charge is 0.191 e. The predicted octanol–water partition coefficient (Wildman–Crippen LogP) is 2.45. The molecule has 1 N–H and O–H groups in total. The van der Waals surface area contributed by atoms with E-state index in [1.54, 1.807) is 18.4 Å². The molecule has 3 aromatic rings. The van der Waals surface area contributed by atoms with Crippen LogP contribution in [0.25, 0.3) is 16.6 Å². The molecule has 0 saturated carbocycles. The molecule has 0 bridgehead atoms. The van der Waals surface area contributed by atoms with Crippen LogP contribution in [0.3, 0.4) is 0 Å². The lowest BCUT2D eigenvalue weighted by Gasteiger charge is -2.16. The number of para-hydroxylation sites is 1. The Morgan fingerprint density at radius 1 is 1.25 bits per heavy atom. The second kappa shape index (κ2) is 4.71. The molecule has 0 spiro atoms. The molecule has 0 unspecified atom stereocenters. The van der Waals surface area contributed by atoms with Gasteiger partial charge < -0.3 is 5.11 Å². The minimum Gasteiger partial charge on any atom is -0.390 e. The number of aromatic nitrogens is 4. The molecule has 3 rings (SSSR count). The third-order valence-corrected chi connectivity index (χ3v) is 4.18. The van der Waals surface area contributed by atoms with Gasteiger partial charge in [0.1, 0.15) is 5.82 Å². The van der Waals surface area contributed by atoms with Crippen molar-refractivity contribution in [2.45, 2.75) is 31.5 Å².